The highest BCUT2D eigenvalue weighted by molar-refractivity contribution is 9.10. The number of rotatable bonds is 2. The maximum Gasteiger partial charge on any atom is 0.180 e. The van der Waals surface area contributed by atoms with E-state index in [0.717, 1.165) is 29.2 Å². The fourth-order valence-electron chi connectivity index (χ4n) is 1.73. The van der Waals surface area contributed by atoms with Crippen molar-refractivity contribution in [2.24, 2.45) is 0 Å². The van der Waals surface area contributed by atoms with Gasteiger partial charge in [0.25, 0.3) is 0 Å². The number of nitrogens with zero attached hydrogens (tertiary/aromatic N) is 3. The van der Waals surface area contributed by atoms with Crippen LogP contribution < -0.4 is 5.73 Å². The number of nitrogen functional groups attached to an aromatic ring is 1. The third-order valence-electron chi connectivity index (χ3n) is 2.82. The number of halogens is 2. The highest BCUT2D eigenvalue weighted by atomic mass is 79.9. The lowest BCUT2D eigenvalue weighted by Gasteiger charge is -2.07. The van der Waals surface area contributed by atoms with Gasteiger partial charge in [-0.05, 0) is 40.9 Å². The number of hydrogen-bond donors (Lipinski definition) is 1. The highest BCUT2D eigenvalue weighted by Gasteiger charge is 2.29. The van der Waals surface area contributed by atoms with Crippen molar-refractivity contribution in [3.05, 3.63) is 34.3 Å². The molecule has 4 nitrogen and oxygen atoms in total. The molecule has 0 bridgehead atoms. The molecular formula is C12H10BrFN4. The molecule has 0 atom stereocenters. The second-order valence-corrected chi connectivity index (χ2v) is 5.06. The number of pyridine rings is 1. The van der Waals surface area contributed by atoms with Crippen LogP contribution in [0.2, 0.25) is 0 Å². The van der Waals surface area contributed by atoms with E-state index in [2.05, 4.69) is 30.9 Å². The van der Waals surface area contributed by atoms with Crippen molar-refractivity contribution in [1.82, 2.24) is 15.0 Å². The Kier molecular flexibility index (Phi) is 2.74. The topological polar surface area (TPSA) is 64.7 Å². The van der Waals surface area contributed by atoms with Crippen LogP contribution in [0.5, 0.6) is 0 Å². The summed E-state index contributed by atoms with van der Waals surface area (Å²) in [5.74, 6) is 0.903. The quantitative estimate of drug-likeness (QED) is 0.926. The van der Waals surface area contributed by atoms with Crippen LogP contribution in [-0.2, 0) is 0 Å². The first-order chi connectivity index (χ1) is 8.65. The second-order valence-electron chi connectivity index (χ2n) is 4.27. The molecule has 1 aliphatic rings. The van der Waals surface area contributed by atoms with Crippen LogP contribution in [0.25, 0.3) is 11.5 Å². The van der Waals surface area contributed by atoms with Crippen LogP contribution in [0.3, 0.4) is 0 Å². The fourth-order valence-corrected chi connectivity index (χ4v) is 2.23. The van der Waals surface area contributed by atoms with Crippen molar-refractivity contribution in [2.75, 3.05) is 5.73 Å². The maximum absolute atomic E-state index is 12.8. The van der Waals surface area contributed by atoms with Gasteiger partial charge >= 0.3 is 0 Å². The summed E-state index contributed by atoms with van der Waals surface area (Å²) in [6.07, 6.45) is 3.38. The molecule has 0 amide bonds. The molecule has 0 spiro atoms. The normalized spacial score (nSPS) is 14.8. The van der Waals surface area contributed by atoms with Gasteiger partial charge < -0.3 is 5.73 Å². The average molecular weight is 309 g/mol. The lowest BCUT2D eigenvalue weighted by molar-refractivity contribution is 0.621. The minimum Gasteiger partial charge on any atom is -0.383 e. The minimum atomic E-state index is -0.383. The summed E-state index contributed by atoms with van der Waals surface area (Å²) >= 11 is 3.41. The maximum atomic E-state index is 12.8. The van der Waals surface area contributed by atoms with Crippen LogP contribution in [0, 0.1) is 5.82 Å². The average Bonchev–Trinajstić information content (AvgIpc) is 3.18. The molecule has 2 N–H and O–H groups in total. The van der Waals surface area contributed by atoms with Crippen molar-refractivity contribution < 1.29 is 4.39 Å². The van der Waals surface area contributed by atoms with E-state index in [1.165, 1.54) is 6.07 Å². The van der Waals surface area contributed by atoms with Gasteiger partial charge in [0.15, 0.2) is 5.82 Å². The van der Waals surface area contributed by atoms with Gasteiger partial charge in [0, 0.05) is 5.92 Å². The summed E-state index contributed by atoms with van der Waals surface area (Å²) in [7, 11) is 0. The summed E-state index contributed by atoms with van der Waals surface area (Å²) in [5.41, 5.74) is 7.30. The molecule has 0 unspecified atom stereocenters. The Balaban J connectivity index is 2.09. The van der Waals surface area contributed by atoms with Crippen molar-refractivity contribution in [1.29, 1.82) is 0 Å². The van der Waals surface area contributed by atoms with Gasteiger partial charge in [-0.25, -0.2) is 19.3 Å². The minimum absolute atomic E-state index is 0.383. The zero-order valence-corrected chi connectivity index (χ0v) is 11.0. The molecule has 1 aliphatic carbocycles. The zero-order valence-electron chi connectivity index (χ0n) is 9.40. The first kappa shape index (κ1) is 11.5. The first-order valence-corrected chi connectivity index (χ1v) is 6.39. The van der Waals surface area contributed by atoms with E-state index in [0.29, 0.717) is 23.3 Å². The van der Waals surface area contributed by atoms with E-state index >= 15 is 0 Å². The number of anilines is 1. The number of nitrogens with two attached hydrogens (primary N) is 1. The molecule has 2 aromatic rings. The van der Waals surface area contributed by atoms with Gasteiger partial charge in [-0.2, -0.15) is 0 Å². The molecule has 3 rings (SSSR count). The predicted octanol–water partition coefficient (Wildman–Crippen LogP) is 2.90. The lowest BCUT2D eigenvalue weighted by atomic mass is 10.2. The van der Waals surface area contributed by atoms with E-state index in [1.54, 1.807) is 6.07 Å². The number of hydrogen-bond acceptors (Lipinski definition) is 4. The first-order valence-electron chi connectivity index (χ1n) is 5.60. The lowest BCUT2D eigenvalue weighted by Crippen LogP contribution is -2.03. The molecule has 0 radical (unpaired) electrons. The molecule has 0 saturated heterocycles. The van der Waals surface area contributed by atoms with Gasteiger partial charge in [0.05, 0.1) is 16.4 Å². The van der Waals surface area contributed by atoms with Gasteiger partial charge in [-0.15, -0.1) is 0 Å². The third-order valence-corrected chi connectivity index (χ3v) is 3.64. The Bertz CT molecular complexity index is 596. The summed E-state index contributed by atoms with van der Waals surface area (Å²) in [5, 5.41) is 0. The van der Waals surface area contributed by atoms with E-state index in [1.807, 2.05) is 0 Å². The highest BCUT2D eigenvalue weighted by Crippen LogP contribution is 2.43. The van der Waals surface area contributed by atoms with E-state index < -0.39 is 0 Å². The summed E-state index contributed by atoms with van der Waals surface area (Å²) in [6, 6.07) is 2.88. The zero-order chi connectivity index (χ0) is 12.7. The van der Waals surface area contributed by atoms with E-state index in [-0.39, 0.29) is 5.82 Å². The molecule has 1 fully saturated rings. The van der Waals surface area contributed by atoms with Crippen LogP contribution in [-0.4, -0.2) is 15.0 Å². The standard InChI is InChI=1S/C12H10BrFN4/c13-9-10(6-1-2-6)17-12(18-11(9)15)8-4-3-7(14)5-16-8/h3-6H,1-2H2,(H2,15,17,18). The Morgan fingerprint density at radius 2 is 2.06 bits per heavy atom. The molecule has 2 aromatic heterocycles. The SMILES string of the molecule is Nc1nc(-c2ccc(F)cn2)nc(C2CC2)c1Br. The van der Waals surface area contributed by atoms with Crippen molar-refractivity contribution >= 4 is 21.7 Å². The van der Waals surface area contributed by atoms with Gasteiger partial charge in [0.2, 0.25) is 0 Å². The third kappa shape index (κ3) is 2.08. The molecule has 0 aliphatic heterocycles. The van der Waals surface area contributed by atoms with E-state index in [4.69, 9.17) is 5.73 Å². The molecule has 18 heavy (non-hydrogen) atoms. The molecule has 92 valence electrons. The molecule has 1 saturated carbocycles. The van der Waals surface area contributed by atoms with Crippen molar-refractivity contribution in [2.45, 2.75) is 18.8 Å². The Morgan fingerprint density at radius 1 is 1.28 bits per heavy atom. The van der Waals surface area contributed by atoms with Crippen LogP contribution in [0.15, 0.2) is 22.8 Å². The monoisotopic (exact) mass is 308 g/mol. The molecule has 0 aromatic carbocycles. The Hall–Kier alpha value is -1.56. The summed E-state index contributed by atoms with van der Waals surface area (Å²) in [4.78, 5) is 12.6. The fraction of sp³-hybridized carbons (Fsp3) is 0.250. The smallest absolute Gasteiger partial charge is 0.180 e. The van der Waals surface area contributed by atoms with Gasteiger partial charge in [-0.3, -0.25) is 0 Å². The Morgan fingerprint density at radius 3 is 2.67 bits per heavy atom. The van der Waals surface area contributed by atoms with Gasteiger partial charge in [0.1, 0.15) is 17.3 Å². The molecule has 2 heterocycles. The number of aromatic nitrogens is 3. The largest absolute Gasteiger partial charge is 0.383 e. The van der Waals surface area contributed by atoms with Gasteiger partial charge in [-0.1, -0.05) is 0 Å². The van der Waals surface area contributed by atoms with Crippen LogP contribution in [0.4, 0.5) is 10.2 Å². The second kappa shape index (κ2) is 4.28. The molecule has 6 heteroatoms. The van der Waals surface area contributed by atoms with Crippen molar-refractivity contribution in [3.63, 3.8) is 0 Å². The van der Waals surface area contributed by atoms with Crippen LogP contribution in [0.1, 0.15) is 24.5 Å². The summed E-state index contributed by atoms with van der Waals surface area (Å²) in [6.45, 7) is 0. The van der Waals surface area contributed by atoms with Crippen molar-refractivity contribution in [3.8, 4) is 11.5 Å². The Labute approximate surface area is 112 Å². The van der Waals surface area contributed by atoms with E-state index in [9.17, 15) is 4.39 Å². The van der Waals surface area contributed by atoms with Crippen LogP contribution >= 0.6 is 15.9 Å². The predicted molar refractivity (Wildman–Crippen MR) is 69.3 cm³/mol. The summed E-state index contributed by atoms with van der Waals surface area (Å²) < 4.78 is 13.6. The molecular weight excluding hydrogens is 299 g/mol.